The van der Waals surface area contributed by atoms with Gasteiger partial charge in [-0.15, -0.1) is 0 Å². The van der Waals surface area contributed by atoms with E-state index in [0.717, 1.165) is 5.56 Å². The van der Waals surface area contributed by atoms with Gasteiger partial charge in [0.05, 0.1) is 11.7 Å². The summed E-state index contributed by atoms with van der Waals surface area (Å²) in [6.45, 7) is 1.81. The van der Waals surface area contributed by atoms with Crippen LogP contribution >= 0.6 is 11.6 Å². The quantitative estimate of drug-likeness (QED) is 0.734. The van der Waals surface area contributed by atoms with Gasteiger partial charge in [-0.3, -0.25) is 4.98 Å². The van der Waals surface area contributed by atoms with Crippen molar-refractivity contribution < 1.29 is 9.15 Å². The Labute approximate surface area is 123 Å². The highest BCUT2D eigenvalue weighted by Gasteiger charge is 2.11. The van der Waals surface area contributed by atoms with Gasteiger partial charge in [-0.2, -0.15) is 5.26 Å². The molecule has 1 aromatic carbocycles. The van der Waals surface area contributed by atoms with Crippen LogP contribution in [0.3, 0.4) is 0 Å². The van der Waals surface area contributed by atoms with Gasteiger partial charge in [0.1, 0.15) is 28.3 Å². The lowest BCUT2D eigenvalue weighted by Crippen LogP contribution is -1.93. The first-order valence-electron chi connectivity index (χ1n) is 5.94. The summed E-state index contributed by atoms with van der Waals surface area (Å²) < 4.78 is 10.7. The lowest BCUT2D eigenvalue weighted by Gasteiger charge is -2.08. The summed E-state index contributed by atoms with van der Waals surface area (Å²) in [6, 6.07) is 6.72. The normalized spacial score (nSPS) is 10.5. The molecule has 104 valence electrons. The SMILES string of the molecule is Cc1cc(Oc2cc(Cl)ncc2C#N)cc2oc(=O)[nH]c12. The Hall–Kier alpha value is -2.78. The van der Waals surface area contributed by atoms with Crippen LogP contribution in [0.1, 0.15) is 11.1 Å². The molecule has 21 heavy (non-hydrogen) atoms. The number of aryl methyl sites for hydroxylation is 1. The van der Waals surface area contributed by atoms with Gasteiger partial charge in [0, 0.05) is 12.1 Å². The van der Waals surface area contributed by atoms with Crippen molar-refractivity contribution in [3.8, 4) is 17.6 Å². The zero-order valence-electron chi connectivity index (χ0n) is 10.8. The number of ether oxygens (including phenoxy) is 1. The minimum Gasteiger partial charge on any atom is -0.456 e. The monoisotopic (exact) mass is 301 g/mol. The minimum absolute atomic E-state index is 0.218. The Morgan fingerprint density at radius 2 is 2.24 bits per heavy atom. The average Bonchev–Trinajstić information content (AvgIpc) is 2.80. The molecule has 0 bridgehead atoms. The van der Waals surface area contributed by atoms with Gasteiger partial charge in [0.25, 0.3) is 0 Å². The fraction of sp³-hybridized carbons (Fsp3) is 0.0714. The summed E-state index contributed by atoms with van der Waals surface area (Å²) in [5.41, 5.74) is 2.04. The molecular formula is C14H8ClN3O3. The van der Waals surface area contributed by atoms with Crippen LogP contribution in [0.4, 0.5) is 0 Å². The van der Waals surface area contributed by atoms with E-state index in [9.17, 15) is 4.79 Å². The summed E-state index contributed by atoms with van der Waals surface area (Å²) in [4.78, 5) is 17.6. The Morgan fingerprint density at radius 1 is 1.43 bits per heavy atom. The summed E-state index contributed by atoms with van der Waals surface area (Å²) in [6.07, 6.45) is 1.33. The number of nitriles is 1. The Balaban J connectivity index is 2.08. The van der Waals surface area contributed by atoms with Crippen LogP contribution in [0, 0.1) is 18.3 Å². The number of nitrogens with zero attached hydrogens (tertiary/aromatic N) is 2. The number of pyridine rings is 1. The summed E-state index contributed by atoms with van der Waals surface area (Å²) >= 11 is 5.80. The van der Waals surface area contributed by atoms with Crippen molar-refractivity contribution >= 4 is 22.7 Å². The van der Waals surface area contributed by atoms with Crippen molar-refractivity contribution in [1.29, 1.82) is 5.26 Å². The molecule has 7 heteroatoms. The second-order valence-electron chi connectivity index (χ2n) is 4.34. The van der Waals surface area contributed by atoms with Crippen LogP contribution in [0.2, 0.25) is 5.15 Å². The van der Waals surface area contributed by atoms with E-state index in [1.807, 2.05) is 13.0 Å². The Kier molecular flexibility index (Phi) is 3.12. The molecule has 3 aromatic rings. The van der Waals surface area contributed by atoms with Crippen LogP contribution < -0.4 is 10.5 Å². The Bertz CT molecular complexity index is 937. The smallest absolute Gasteiger partial charge is 0.417 e. The molecule has 0 saturated carbocycles. The zero-order valence-corrected chi connectivity index (χ0v) is 11.6. The van der Waals surface area contributed by atoms with Gasteiger partial charge in [-0.1, -0.05) is 11.6 Å². The van der Waals surface area contributed by atoms with Crippen molar-refractivity contribution in [2.75, 3.05) is 0 Å². The van der Waals surface area contributed by atoms with Gasteiger partial charge in [-0.25, -0.2) is 9.78 Å². The van der Waals surface area contributed by atoms with Gasteiger partial charge in [0.15, 0.2) is 5.58 Å². The highest BCUT2D eigenvalue weighted by Crippen LogP contribution is 2.30. The van der Waals surface area contributed by atoms with Crippen molar-refractivity contribution in [3.05, 3.63) is 51.2 Å². The topological polar surface area (TPSA) is 91.9 Å². The first kappa shape index (κ1) is 13.2. The average molecular weight is 302 g/mol. The third-order valence-electron chi connectivity index (χ3n) is 2.88. The van der Waals surface area contributed by atoms with Crippen LogP contribution in [-0.2, 0) is 0 Å². The van der Waals surface area contributed by atoms with E-state index in [-0.39, 0.29) is 16.5 Å². The molecule has 0 atom stereocenters. The van der Waals surface area contributed by atoms with Crippen LogP contribution in [-0.4, -0.2) is 9.97 Å². The largest absolute Gasteiger partial charge is 0.456 e. The number of H-pyrrole nitrogens is 1. The van der Waals surface area contributed by atoms with E-state index in [1.54, 1.807) is 12.1 Å². The fourth-order valence-electron chi connectivity index (χ4n) is 1.96. The summed E-state index contributed by atoms with van der Waals surface area (Å²) in [5.74, 6) is 0.186. The molecule has 0 unspecified atom stereocenters. The predicted octanol–water partition coefficient (Wildman–Crippen LogP) is 3.14. The second kappa shape index (κ2) is 4.96. The molecule has 0 aliphatic carbocycles. The second-order valence-corrected chi connectivity index (χ2v) is 4.73. The zero-order chi connectivity index (χ0) is 15.0. The van der Waals surface area contributed by atoms with Crippen LogP contribution in [0.5, 0.6) is 11.5 Å². The molecule has 0 aliphatic rings. The first-order chi connectivity index (χ1) is 10.1. The first-order valence-corrected chi connectivity index (χ1v) is 6.31. The van der Waals surface area contributed by atoms with Crippen molar-refractivity contribution in [3.63, 3.8) is 0 Å². The lowest BCUT2D eigenvalue weighted by atomic mass is 10.2. The van der Waals surface area contributed by atoms with Gasteiger partial charge in [0.2, 0.25) is 0 Å². The number of benzene rings is 1. The molecule has 6 nitrogen and oxygen atoms in total. The fourth-order valence-corrected chi connectivity index (χ4v) is 2.11. The van der Waals surface area contributed by atoms with E-state index in [0.29, 0.717) is 16.8 Å². The summed E-state index contributed by atoms with van der Waals surface area (Å²) in [5, 5.41) is 9.26. The van der Waals surface area contributed by atoms with E-state index in [4.69, 9.17) is 26.0 Å². The van der Waals surface area contributed by atoms with E-state index in [1.165, 1.54) is 12.3 Å². The van der Waals surface area contributed by atoms with Crippen LogP contribution in [0.25, 0.3) is 11.1 Å². The van der Waals surface area contributed by atoms with Crippen molar-refractivity contribution in [2.45, 2.75) is 6.92 Å². The maximum atomic E-state index is 11.2. The summed E-state index contributed by atoms with van der Waals surface area (Å²) in [7, 11) is 0. The number of aromatic nitrogens is 2. The molecule has 0 radical (unpaired) electrons. The molecule has 0 amide bonds. The maximum Gasteiger partial charge on any atom is 0.417 e. The number of rotatable bonds is 2. The van der Waals surface area contributed by atoms with Gasteiger partial charge in [-0.05, 0) is 18.6 Å². The van der Waals surface area contributed by atoms with Gasteiger partial charge < -0.3 is 9.15 Å². The van der Waals surface area contributed by atoms with E-state index in [2.05, 4.69) is 9.97 Å². The predicted molar refractivity (Wildman–Crippen MR) is 75.6 cm³/mol. The molecule has 2 aromatic heterocycles. The third-order valence-corrected chi connectivity index (χ3v) is 3.09. The molecule has 0 fully saturated rings. The van der Waals surface area contributed by atoms with E-state index >= 15 is 0 Å². The molecule has 3 rings (SSSR count). The standard InChI is InChI=1S/C14H8ClN3O3/c1-7-2-9(3-11-13(7)18-14(19)21-11)20-10-4-12(15)17-6-8(10)5-16/h2-4,6H,1H3,(H,18,19). The number of halogens is 1. The molecular weight excluding hydrogens is 294 g/mol. The van der Waals surface area contributed by atoms with Crippen molar-refractivity contribution in [1.82, 2.24) is 9.97 Å². The number of hydrogen-bond acceptors (Lipinski definition) is 5. The highest BCUT2D eigenvalue weighted by molar-refractivity contribution is 6.29. The number of nitrogens with one attached hydrogen (secondary N) is 1. The van der Waals surface area contributed by atoms with E-state index < -0.39 is 5.76 Å². The highest BCUT2D eigenvalue weighted by atomic mass is 35.5. The number of aromatic amines is 1. The van der Waals surface area contributed by atoms with Gasteiger partial charge >= 0.3 is 5.76 Å². The molecule has 0 aliphatic heterocycles. The number of fused-ring (bicyclic) bond motifs is 1. The van der Waals surface area contributed by atoms with Crippen LogP contribution in [0.15, 0.2) is 33.6 Å². The molecule has 0 spiro atoms. The molecule has 1 N–H and O–H groups in total. The minimum atomic E-state index is -0.532. The number of oxazole rings is 1. The number of hydrogen-bond donors (Lipinski definition) is 1. The maximum absolute atomic E-state index is 11.2. The third kappa shape index (κ3) is 2.47. The Morgan fingerprint density at radius 3 is 3.00 bits per heavy atom. The molecule has 2 heterocycles. The van der Waals surface area contributed by atoms with Crippen molar-refractivity contribution in [2.24, 2.45) is 0 Å². The lowest BCUT2D eigenvalue weighted by molar-refractivity contribution is 0.478. The molecule has 0 saturated heterocycles.